The topological polar surface area (TPSA) is 121 Å². The van der Waals surface area contributed by atoms with E-state index in [4.69, 9.17) is 20.3 Å². The van der Waals surface area contributed by atoms with Crippen LogP contribution in [0.15, 0.2) is 48.5 Å². The smallest absolute Gasteiger partial charge is 0.324 e. The maximum Gasteiger partial charge on any atom is 0.324 e. The third-order valence-electron chi connectivity index (χ3n) is 4.88. The van der Waals surface area contributed by atoms with E-state index in [0.29, 0.717) is 28.7 Å². The highest BCUT2D eigenvalue weighted by Gasteiger charge is 2.22. The lowest BCUT2D eigenvalue weighted by Crippen LogP contribution is -2.21. The molecule has 0 saturated heterocycles. The van der Waals surface area contributed by atoms with Gasteiger partial charge in [0, 0.05) is 23.2 Å². The van der Waals surface area contributed by atoms with E-state index in [1.54, 1.807) is 22.9 Å². The van der Waals surface area contributed by atoms with Crippen molar-refractivity contribution in [3.8, 4) is 17.2 Å². The number of ether oxygens (including phenoxy) is 2. The third kappa shape index (κ3) is 4.66. The second-order valence-corrected chi connectivity index (χ2v) is 8.54. The van der Waals surface area contributed by atoms with Crippen molar-refractivity contribution < 1.29 is 19.1 Å². The van der Waals surface area contributed by atoms with Crippen molar-refractivity contribution in [2.24, 2.45) is 5.73 Å². The van der Waals surface area contributed by atoms with Crippen LogP contribution in [0.5, 0.6) is 11.5 Å². The molecular formula is C23H25N5O4. The maximum absolute atomic E-state index is 12.7. The van der Waals surface area contributed by atoms with E-state index in [1.807, 2.05) is 51.1 Å². The summed E-state index contributed by atoms with van der Waals surface area (Å²) in [5.74, 6) is 1.29. The van der Waals surface area contributed by atoms with Gasteiger partial charge in [-0.3, -0.25) is 10.1 Å². The summed E-state index contributed by atoms with van der Waals surface area (Å²) in [5.41, 5.74) is 7.94. The first kappa shape index (κ1) is 21.2. The van der Waals surface area contributed by atoms with Crippen LogP contribution in [-0.2, 0) is 16.6 Å². The summed E-state index contributed by atoms with van der Waals surface area (Å²) in [6.07, 6.45) is 0.120. The van der Waals surface area contributed by atoms with Gasteiger partial charge in [0.05, 0.1) is 17.8 Å². The van der Waals surface area contributed by atoms with Crippen molar-refractivity contribution >= 4 is 23.4 Å². The monoisotopic (exact) mass is 435 g/mol. The van der Waals surface area contributed by atoms with Crippen LogP contribution in [-0.4, -0.2) is 28.5 Å². The minimum absolute atomic E-state index is 0.120. The lowest BCUT2D eigenvalue weighted by molar-refractivity contribution is -0.117. The lowest BCUT2D eigenvalue weighted by Gasteiger charge is -2.14. The summed E-state index contributed by atoms with van der Waals surface area (Å²) < 4.78 is 12.3. The summed E-state index contributed by atoms with van der Waals surface area (Å²) in [5, 5.41) is 10.4. The average molecular weight is 435 g/mol. The molecule has 166 valence electrons. The number of hydrogen-bond acceptors (Lipinski definition) is 5. The van der Waals surface area contributed by atoms with Crippen LogP contribution in [0.4, 0.5) is 16.3 Å². The van der Waals surface area contributed by atoms with E-state index in [2.05, 4.69) is 10.6 Å². The number of nitrogens with one attached hydrogen (secondary N) is 2. The molecule has 3 aromatic rings. The average Bonchev–Trinajstić information content (AvgIpc) is 3.34. The fraction of sp³-hybridized carbons (Fsp3) is 0.261. The second kappa shape index (κ2) is 8.26. The summed E-state index contributed by atoms with van der Waals surface area (Å²) >= 11 is 0. The highest BCUT2D eigenvalue weighted by Crippen LogP contribution is 2.34. The van der Waals surface area contributed by atoms with E-state index in [-0.39, 0.29) is 18.6 Å². The molecule has 2 aromatic carbocycles. The SMILES string of the molecule is CC(C)(C)c1cc(NC(=O)Nc2ccc3c(c2)OCO3)n(-c2cccc(CC(N)=O)c2)n1. The van der Waals surface area contributed by atoms with E-state index in [1.165, 1.54) is 0 Å². The Morgan fingerprint density at radius 2 is 1.84 bits per heavy atom. The van der Waals surface area contributed by atoms with E-state index in [9.17, 15) is 9.59 Å². The maximum atomic E-state index is 12.7. The standard InChI is InChI=1S/C23H25N5O4/c1-23(2,3)19-12-21(28(27-19)16-6-4-5-14(9-16)10-20(24)29)26-22(30)25-15-7-8-17-18(11-15)32-13-31-17/h4-9,11-12H,10,13H2,1-3H3,(H2,24,29)(H2,25,26,30). The van der Waals surface area contributed by atoms with Gasteiger partial charge in [-0.25, -0.2) is 9.48 Å². The molecule has 0 aliphatic carbocycles. The van der Waals surface area contributed by atoms with Gasteiger partial charge in [0.15, 0.2) is 11.5 Å². The number of hydrogen-bond donors (Lipinski definition) is 3. The molecule has 3 amide bonds. The Hall–Kier alpha value is -4.01. The molecule has 1 aromatic heterocycles. The van der Waals surface area contributed by atoms with Gasteiger partial charge < -0.3 is 20.5 Å². The van der Waals surface area contributed by atoms with Crippen molar-refractivity contribution in [3.05, 3.63) is 59.8 Å². The number of aromatic nitrogens is 2. The van der Waals surface area contributed by atoms with Gasteiger partial charge in [-0.05, 0) is 29.8 Å². The van der Waals surface area contributed by atoms with Crippen LogP contribution in [0.25, 0.3) is 5.69 Å². The van der Waals surface area contributed by atoms with Gasteiger partial charge in [-0.15, -0.1) is 0 Å². The molecule has 9 nitrogen and oxygen atoms in total. The molecule has 2 heterocycles. The van der Waals surface area contributed by atoms with Gasteiger partial charge >= 0.3 is 6.03 Å². The van der Waals surface area contributed by atoms with Crippen LogP contribution < -0.4 is 25.8 Å². The molecule has 4 N–H and O–H groups in total. The number of carbonyl (C=O) groups excluding carboxylic acids is 2. The number of carbonyl (C=O) groups is 2. The van der Waals surface area contributed by atoms with Gasteiger partial charge in [0.25, 0.3) is 0 Å². The Kier molecular flexibility index (Phi) is 5.48. The highest BCUT2D eigenvalue weighted by molar-refractivity contribution is 5.99. The molecule has 9 heteroatoms. The van der Waals surface area contributed by atoms with Crippen LogP contribution in [0.2, 0.25) is 0 Å². The zero-order chi connectivity index (χ0) is 22.9. The molecule has 0 spiro atoms. The first-order chi connectivity index (χ1) is 15.2. The lowest BCUT2D eigenvalue weighted by atomic mass is 9.92. The largest absolute Gasteiger partial charge is 0.454 e. The van der Waals surface area contributed by atoms with Crippen LogP contribution in [0, 0.1) is 0 Å². The zero-order valence-corrected chi connectivity index (χ0v) is 18.1. The number of urea groups is 1. The second-order valence-electron chi connectivity index (χ2n) is 8.54. The minimum atomic E-state index is -0.432. The molecule has 0 bridgehead atoms. The number of fused-ring (bicyclic) bond motifs is 1. The van der Waals surface area contributed by atoms with E-state index >= 15 is 0 Å². The Balaban J connectivity index is 1.61. The van der Waals surface area contributed by atoms with Gasteiger partial charge in [-0.1, -0.05) is 32.9 Å². The fourth-order valence-corrected chi connectivity index (χ4v) is 3.29. The predicted molar refractivity (Wildman–Crippen MR) is 120 cm³/mol. The number of primary amides is 1. The summed E-state index contributed by atoms with van der Waals surface area (Å²) in [7, 11) is 0. The molecule has 1 aliphatic rings. The van der Waals surface area contributed by atoms with Crippen LogP contribution >= 0.6 is 0 Å². The fourth-order valence-electron chi connectivity index (χ4n) is 3.29. The third-order valence-corrected chi connectivity index (χ3v) is 4.88. The van der Waals surface area contributed by atoms with Crippen LogP contribution in [0.1, 0.15) is 32.0 Å². The first-order valence-corrected chi connectivity index (χ1v) is 10.1. The molecule has 1 aliphatic heterocycles. The zero-order valence-electron chi connectivity index (χ0n) is 18.1. The number of benzene rings is 2. The summed E-state index contributed by atoms with van der Waals surface area (Å²) in [6.45, 7) is 6.29. The van der Waals surface area contributed by atoms with E-state index in [0.717, 1.165) is 11.3 Å². The van der Waals surface area contributed by atoms with Gasteiger partial charge in [-0.2, -0.15) is 5.10 Å². The summed E-state index contributed by atoms with van der Waals surface area (Å²) in [6, 6.07) is 13.9. The Morgan fingerprint density at radius 1 is 1.06 bits per heavy atom. The van der Waals surface area contributed by atoms with Crippen molar-refractivity contribution in [2.45, 2.75) is 32.6 Å². The molecule has 0 saturated carbocycles. The molecule has 0 unspecified atom stereocenters. The Labute approximate surface area is 185 Å². The Bertz CT molecular complexity index is 1180. The summed E-state index contributed by atoms with van der Waals surface area (Å²) in [4.78, 5) is 24.1. The molecular weight excluding hydrogens is 410 g/mol. The van der Waals surface area contributed by atoms with Crippen molar-refractivity contribution in [2.75, 3.05) is 17.4 Å². The molecule has 0 fully saturated rings. The molecule has 0 radical (unpaired) electrons. The molecule has 0 atom stereocenters. The normalized spacial score (nSPS) is 12.5. The highest BCUT2D eigenvalue weighted by atomic mass is 16.7. The van der Waals surface area contributed by atoms with E-state index < -0.39 is 11.9 Å². The number of nitrogens with zero attached hydrogens (tertiary/aromatic N) is 2. The Morgan fingerprint density at radius 3 is 2.59 bits per heavy atom. The van der Waals surface area contributed by atoms with Crippen molar-refractivity contribution in [1.82, 2.24) is 9.78 Å². The van der Waals surface area contributed by atoms with Gasteiger partial charge in [0.1, 0.15) is 5.82 Å². The van der Waals surface area contributed by atoms with Crippen molar-refractivity contribution in [1.29, 1.82) is 0 Å². The van der Waals surface area contributed by atoms with Gasteiger partial charge in [0.2, 0.25) is 12.7 Å². The number of nitrogens with two attached hydrogens (primary N) is 1. The molecule has 4 rings (SSSR count). The number of rotatable bonds is 5. The minimum Gasteiger partial charge on any atom is -0.454 e. The number of amides is 3. The first-order valence-electron chi connectivity index (χ1n) is 10.1. The number of anilines is 2. The molecule has 32 heavy (non-hydrogen) atoms. The predicted octanol–water partition coefficient (Wildman–Crippen LogP) is 3.57. The quantitative estimate of drug-likeness (QED) is 0.566. The van der Waals surface area contributed by atoms with Crippen LogP contribution in [0.3, 0.4) is 0 Å². The van der Waals surface area contributed by atoms with Crippen molar-refractivity contribution in [3.63, 3.8) is 0 Å².